The van der Waals surface area contributed by atoms with Crippen LogP contribution in [0.1, 0.15) is 31.2 Å². The number of likely N-dealkylation sites (tertiary alicyclic amines) is 1. The fraction of sp³-hybridized carbons (Fsp3) is 0.625. The zero-order chi connectivity index (χ0) is 12.4. The first-order valence-electron chi connectivity index (χ1n) is 7.19. The summed E-state index contributed by atoms with van der Waals surface area (Å²) in [5.41, 5.74) is 1.61. The highest BCUT2D eigenvalue weighted by Gasteiger charge is 2.46. The van der Waals surface area contributed by atoms with Crippen LogP contribution in [0.25, 0.3) is 0 Å². The second-order valence-corrected chi connectivity index (χ2v) is 6.12. The van der Waals surface area contributed by atoms with Gasteiger partial charge >= 0.3 is 0 Å². The Morgan fingerprint density at radius 2 is 2.06 bits per heavy atom. The first-order chi connectivity index (χ1) is 8.82. The van der Waals surface area contributed by atoms with E-state index in [1.807, 2.05) is 0 Å². The lowest BCUT2D eigenvalue weighted by atomic mass is 9.69. The van der Waals surface area contributed by atoms with Gasteiger partial charge in [0.05, 0.1) is 6.61 Å². The quantitative estimate of drug-likeness (QED) is 0.885. The number of aliphatic hydroxyl groups is 1. The first kappa shape index (κ1) is 12.2. The van der Waals surface area contributed by atoms with E-state index >= 15 is 0 Å². The molecule has 2 aliphatic rings. The molecule has 1 saturated carbocycles. The van der Waals surface area contributed by atoms with Gasteiger partial charge < -0.3 is 5.11 Å². The summed E-state index contributed by atoms with van der Waals surface area (Å²) in [6.45, 7) is 3.68. The summed E-state index contributed by atoms with van der Waals surface area (Å²) >= 11 is 0. The van der Waals surface area contributed by atoms with Gasteiger partial charge in [0, 0.05) is 25.0 Å². The van der Waals surface area contributed by atoms with E-state index in [1.165, 1.54) is 37.8 Å². The molecule has 1 aromatic rings. The molecule has 1 unspecified atom stereocenters. The number of benzene rings is 1. The fourth-order valence-corrected chi connectivity index (χ4v) is 3.91. The van der Waals surface area contributed by atoms with Crippen LogP contribution in [0.4, 0.5) is 0 Å². The Bertz CT molecular complexity index is 391. The molecule has 0 spiro atoms. The van der Waals surface area contributed by atoms with E-state index in [1.54, 1.807) is 0 Å². The van der Waals surface area contributed by atoms with Crippen molar-refractivity contribution in [1.82, 2.24) is 4.90 Å². The number of rotatable bonds is 3. The normalized spacial score (nSPS) is 32.4. The highest BCUT2D eigenvalue weighted by molar-refractivity contribution is 5.15. The standard InChI is InChI=1S/C16H23NO/c18-13-16-9-5-4-8-15(16)11-17(12-16)10-14-6-2-1-3-7-14/h1-3,6-7,15,18H,4-5,8-13H2/t15?,16-/m1/s1. The van der Waals surface area contributed by atoms with Crippen molar-refractivity contribution < 1.29 is 5.11 Å². The number of hydrogen-bond donors (Lipinski definition) is 1. The first-order valence-corrected chi connectivity index (χ1v) is 7.19. The molecule has 2 nitrogen and oxygen atoms in total. The lowest BCUT2D eigenvalue weighted by Gasteiger charge is -2.37. The Morgan fingerprint density at radius 3 is 2.78 bits per heavy atom. The smallest absolute Gasteiger partial charge is 0.0502 e. The molecule has 1 heterocycles. The van der Waals surface area contributed by atoms with Crippen LogP contribution >= 0.6 is 0 Å². The Hall–Kier alpha value is -0.860. The van der Waals surface area contributed by atoms with E-state index in [-0.39, 0.29) is 5.41 Å². The summed E-state index contributed by atoms with van der Waals surface area (Å²) < 4.78 is 0. The summed E-state index contributed by atoms with van der Waals surface area (Å²) in [6, 6.07) is 10.7. The van der Waals surface area contributed by atoms with E-state index in [0.29, 0.717) is 6.61 Å². The maximum atomic E-state index is 9.81. The van der Waals surface area contributed by atoms with Gasteiger partial charge in [0.2, 0.25) is 0 Å². The molecule has 0 amide bonds. The van der Waals surface area contributed by atoms with Crippen molar-refractivity contribution in [3.05, 3.63) is 35.9 Å². The number of nitrogens with zero attached hydrogens (tertiary/aromatic N) is 1. The third kappa shape index (κ3) is 2.19. The second-order valence-electron chi connectivity index (χ2n) is 6.12. The number of hydrogen-bond acceptors (Lipinski definition) is 2. The summed E-state index contributed by atoms with van der Waals surface area (Å²) in [4.78, 5) is 2.54. The van der Waals surface area contributed by atoms with Crippen molar-refractivity contribution in [2.45, 2.75) is 32.2 Å². The molecule has 18 heavy (non-hydrogen) atoms. The van der Waals surface area contributed by atoms with E-state index in [0.717, 1.165) is 19.0 Å². The Balaban J connectivity index is 1.70. The highest BCUT2D eigenvalue weighted by atomic mass is 16.3. The Kier molecular flexibility index (Phi) is 3.40. The van der Waals surface area contributed by atoms with Gasteiger partial charge in [-0.25, -0.2) is 0 Å². The lowest BCUT2D eigenvalue weighted by molar-refractivity contribution is 0.0580. The summed E-state index contributed by atoms with van der Waals surface area (Å²) in [5.74, 6) is 0.722. The average Bonchev–Trinajstić information content (AvgIpc) is 2.78. The summed E-state index contributed by atoms with van der Waals surface area (Å²) in [5, 5.41) is 9.81. The van der Waals surface area contributed by atoms with Gasteiger partial charge in [-0.1, -0.05) is 43.2 Å². The third-order valence-corrected chi connectivity index (χ3v) is 4.92. The fourth-order valence-electron chi connectivity index (χ4n) is 3.91. The van der Waals surface area contributed by atoms with E-state index < -0.39 is 0 Å². The number of aliphatic hydroxyl groups excluding tert-OH is 1. The Morgan fingerprint density at radius 1 is 1.22 bits per heavy atom. The minimum atomic E-state index is 0.215. The van der Waals surface area contributed by atoms with Crippen molar-refractivity contribution in [3.8, 4) is 0 Å². The molecule has 1 aliphatic carbocycles. The summed E-state index contributed by atoms with van der Waals surface area (Å²) in [7, 11) is 0. The summed E-state index contributed by atoms with van der Waals surface area (Å²) in [6.07, 6.45) is 5.19. The van der Waals surface area contributed by atoms with Crippen LogP contribution in [-0.4, -0.2) is 29.7 Å². The lowest BCUT2D eigenvalue weighted by Crippen LogP contribution is -2.36. The minimum Gasteiger partial charge on any atom is -0.396 e. The van der Waals surface area contributed by atoms with Crippen molar-refractivity contribution in [2.75, 3.05) is 19.7 Å². The van der Waals surface area contributed by atoms with Crippen LogP contribution < -0.4 is 0 Å². The molecular weight excluding hydrogens is 222 g/mol. The van der Waals surface area contributed by atoms with Crippen molar-refractivity contribution in [2.24, 2.45) is 11.3 Å². The van der Waals surface area contributed by atoms with Gasteiger partial charge in [-0.05, 0) is 24.3 Å². The van der Waals surface area contributed by atoms with E-state index in [4.69, 9.17) is 0 Å². The molecule has 98 valence electrons. The van der Waals surface area contributed by atoms with Gasteiger partial charge in [-0.15, -0.1) is 0 Å². The molecule has 1 aliphatic heterocycles. The molecule has 0 aromatic heterocycles. The number of fused-ring (bicyclic) bond motifs is 1. The van der Waals surface area contributed by atoms with Crippen molar-refractivity contribution in [1.29, 1.82) is 0 Å². The molecule has 1 aromatic carbocycles. The maximum Gasteiger partial charge on any atom is 0.0502 e. The zero-order valence-corrected chi connectivity index (χ0v) is 11.0. The molecule has 3 rings (SSSR count). The highest BCUT2D eigenvalue weighted by Crippen LogP contribution is 2.46. The predicted octanol–water partition coefficient (Wildman–Crippen LogP) is 2.67. The molecule has 1 N–H and O–H groups in total. The van der Waals surface area contributed by atoms with Crippen LogP contribution in [-0.2, 0) is 6.54 Å². The van der Waals surface area contributed by atoms with E-state index in [2.05, 4.69) is 35.2 Å². The molecule has 1 saturated heterocycles. The van der Waals surface area contributed by atoms with Gasteiger partial charge in [0.15, 0.2) is 0 Å². The topological polar surface area (TPSA) is 23.5 Å². The third-order valence-electron chi connectivity index (χ3n) is 4.92. The van der Waals surface area contributed by atoms with Gasteiger partial charge in [-0.2, -0.15) is 0 Å². The van der Waals surface area contributed by atoms with Gasteiger partial charge in [0.25, 0.3) is 0 Å². The zero-order valence-electron chi connectivity index (χ0n) is 11.0. The largest absolute Gasteiger partial charge is 0.396 e. The predicted molar refractivity (Wildman–Crippen MR) is 73.2 cm³/mol. The van der Waals surface area contributed by atoms with Gasteiger partial charge in [-0.3, -0.25) is 4.90 Å². The molecule has 0 radical (unpaired) electrons. The van der Waals surface area contributed by atoms with Crippen LogP contribution in [0.3, 0.4) is 0 Å². The van der Waals surface area contributed by atoms with Crippen LogP contribution in [0, 0.1) is 11.3 Å². The molecule has 0 bridgehead atoms. The van der Waals surface area contributed by atoms with E-state index in [9.17, 15) is 5.11 Å². The van der Waals surface area contributed by atoms with Crippen LogP contribution in [0.2, 0.25) is 0 Å². The monoisotopic (exact) mass is 245 g/mol. The van der Waals surface area contributed by atoms with Crippen LogP contribution in [0.15, 0.2) is 30.3 Å². The average molecular weight is 245 g/mol. The minimum absolute atomic E-state index is 0.215. The van der Waals surface area contributed by atoms with Crippen molar-refractivity contribution >= 4 is 0 Å². The SMILES string of the molecule is OC[C@]12CCCCC1CN(Cc1ccccc1)C2. The second kappa shape index (κ2) is 5.02. The molecule has 2 atom stereocenters. The molecule has 2 fully saturated rings. The maximum absolute atomic E-state index is 9.81. The van der Waals surface area contributed by atoms with Gasteiger partial charge in [0.1, 0.15) is 0 Å². The van der Waals surface area contributed by atoms with Crippen LogP contribution in [0.5, 0.6) is 0 Å². The van der Waals surface area contributed by atoms with Crippen molar-refractivity contribution in [3.63, 3.8) is 0 Å². The molecule has 2 heteroatoms. The molecular formula is C16H23NO. The Labute approximate surface area is 110 Å².